The van der Waals surface area contributed by atoms with Crippen LogP contribution in [0.25, 0.3) is 10.9 Å². The normalized spacial score (nSPS) is 15.4. The first kappa shape index (κ1) is 21.4. The molecule has 31 heavy (non-hydrogen) atoms. The van der Waals surface area contributed by atoms with Crippen LogP contribution in [0.15, 0.2) is 42.5 Å². The first-order valence-corrected chi connectivity index (χ1v) is 11.4. The predicted molar refractivity (Wildman–Crippen MR) is 127 cm³/mol. The lowest BCUT2D eigenvalue weighted by molar-refractivity contribution is 0.0692. The van der Waals surface area contributed by atoms with E-state index in [-0.39, 0.29) is 5.69 Å². The van der Waals surface area contributed by atoms with Crippen LogP contribution in [-0.2, 0) is 6.42 Å². The molecule has 2 heterocycles. The fourth-order valence-electron chi connectivity index (χ4n) is 4.89. The van der Waals surface area contributed by atoms with Crippen molar-refractivity contribution in [2.45, 2.75) is 39.5 Å². The number of likely N-dealkylation sites (tertiary alicyclic amines) is 1. The number of aromatic nitrogens is 1. The Balaban J connectivity index is 1.30. The number of benzene rings is 2. The summed E-state index contributed by atoms with van der Waals surface area (Å²) in [5, 5.41) is 14.1. The Hall–Kier alpha value is -2.79. The zero-order valence-electron chi connectivity index (χ0n) is 18.6. The second kappa shape index (κ2) is 9.56. The Bertz CT molecular complexity index is 1030. The van der Waals surface area contributed by atoms with E-state index in [4.69, 9.17) is 0 Å². The smallest absolute Gasteiger partial charge is 0.354 e. The molecule has 5 nitrogen and oxygen atoms in total. The van der Waals surface area contributed by atoms with Gasteiger partial charge in [0.05, 0.1) is 5.69 Å². The summed E-state index contributed by atoms with van der Waals surface area (Å²) >= 11 is 0. The summed E-state index contributed by atoms with van der Waals surface area (Å²) in [5.41, 5.74) is 5.54. The molecule has 0 saturated carbocycles. The number of rotatable bonds is 8. The molecule has 1 aliphatic heterocycles. The Morgan fingerprint density at radius 3 is 2.61 bits per heavy atom. The lowest BCUT2D eigenvalue weighted by atomic mass is 9.93. The number of hydrogen-bond donors (Lipinski definition) is 3. The van der Waals surface area contributed by atoms with Crippen molar-refractivity contribution in [2.75, 3.05) is 31.5 Å². The number of H-pyrrole nitrogens is 1. The highest BCUT2D eigenvalue weighted by molar-refractivity contribution is 6.07. The highest BCUT2D eigenvalue weighted by Gasteiger charge is 2.21. The molecule has 0 atom stereocenters. The maximum Gasteiger partial charge on any atom is 0.354 e. The van der Waals surface area contributed by atoms with Gasteiger partial charge in [0.15, 0.2) is 0 Å². The quantitative estimate of drug-likeness (QED) is 0.467. The van der Waals surface area contributed by atoms with Gasteiger partial charge >= 0.3 is 5.97 Å². The van der Waals surface area contributed by atoms with Gasteiger partial charge in [-0.1, -0.05) is 36.4 Å². The average Bonchev–Trinajstić information content (AvgIpc) is 3.13. The molecule has 1 aromatic heterocycles. The molecule has 3 aromatic rings. The third kappa shape index (κ3) is 5.10. The number of carboxylic acid groups (broad SMARTS) is 1. The molecular weight excluding hydrogens is 386 g/mol. The lowest BCUT2D eigenvalue weighted by Crippen LogP contribution is -2.35. The van der Waals surface area contributed by atoms with Crippen LogP contribution < -0.4 is 5.32 Å². The van der Waals surface area contributed by atoms with Crippen LogP contribution in [-0.4, -0.2) is 47.1 Å². The van der Waals surface area contributed by atoms with Crippen molar-refractivity contribution >= 4 is 22.6 Å². The topological polar surface area (TPSA) is 68.4 Å². The Labute approximate surface area is 184 Å². The van der Waals surface area contributed by atoms with Crippen LogP contribution in [0.1, 0.15) is 46.4 Å². The van der Waals surface area contributed by atoms with E-state index in [0.29, 0.717) is 5.92 Å². The van der Waals surface area contributed by atoms with Gasteiger partial charge in [-0.05, 0) is 81.3 Å². The lowest BCUT2D eigenvalue weighted by Gasteiger charge is -2.32. The van der Waals surface area contributed by atoms with Crippen molar-refractivity contribution in [1.29, 1.82) is 0 Å². The second-order valence-corrected chi connectivity index (χ2v) is 8.92. The van der Waals surface area contributed by atoms with Gasteiger partial charge in [-0.2, -0.15) is 0 Å². The van der Waals surface area contributed by atoms with Gasteiger partial charge < -0.3 is 20.3 Å². The average molecular weight is 420 g/mol. The number of nitrogens with one attached hydrogen (secondary N) is 2. The minimum absolute atomic E-state index is 0.263. The third-order valence-electron chi connectivity index (χ3n) is 6.57. The van der Waals surface area contributed by atoms with Crippen molar-refractivity contribution < 1.29 is 9.90 Å². The van der Waals surface area contributed by atoms with E-state index in [2.05, 4.69) is 51.6 Å². The summed E-state index contributed by atoms with van der Waals surface area (Å²) in [6.07, 6.45) is 4.62. The fourth-order valence-corrected chi connectivity index (χ4v) is 4.89. The number of anilines is 1. The molecule has 1 fully saturated rings. The number of piperidine rings is 1. The number of hydrogen-bond acceptors (Lipinski definition) is 3. The summed E-state index contributed by atoms with van der Waals surface area (Å²) in [4.78, 5) is 17.4. The number of aryl methyl sites for hydroxylation is 2. The molecular formula is C26H33N3O2. The minimum Gasteiger partial charge on any atom is -0.477 e. The molecule has 1 saturated heterocycles. The number of aromatic amines is 1. The molecule has 5 heteroatoms. The maximum absolute atomic E-state index is 11.8. The molecule has 0 unspecified atom stereocenters. The molecule has 0 spiro atoms. The van der Waals surface area contributed by atoms with Crippen LogP contribution in [0.5, 0.6) is 0 Å². The molecule has 3 N–H and O–H groups in total. The summed E-state index contributed by atoms with van der Waals surface area (Å²) in [5.74, 6) is -0.218. The Kier molecular flexibility index (Phi) is 6.62. The SMILES string of the molecule is Cc1cc(C)c2c(NCCC3CCN(CCc4ccccc4)CC3)c(C(=O)O)[nH]c2c1. The molecule has 0 radical (unpaired) electrons. The van der Waals surface area contributed by atoms with Gasteiger partial charge in [0.25, 0.3) is 0 Å². The van der Waals surface area contributed by atoms with Gasteiger partial charge in [0, 0.05) is 24.0 Å². The van der Waals surface area contributed by atoms with E-state index in [1.165, 1.54) is 18.4 Å². The number of fused-ring (bicyclic) bond motifs is 1. The van der Waals surface area contributed by atoms with Crippen molar-refractivity contribution in [3.8, 4) is 0 Å². The predicted octanol–water partition coefficient (Wildman–Crippen LogP) is 5.24. The molecule has 0 amide bonds. The van der Waals surface area contributed by atoms with Gasteiger partial charge in [-0.3, -0.25) is 0 Å². The summed E-state index contributed by atoms with van der Waals surface area (Å²) in [6.45, 7) is 8.32. The zero-order chi connectivity index (χ0) is 21.8. The van der Waals surface area contributed by atoms with Crippen molar-refractivity contribution in [1.82, 2.24) is 9.88 Å². The first-order chi connectivity index (χ1) is 15.0. The van der Waals surface area contributed by atoms with E-state index in [1.807, 2.05) is 19.9 Å². The van der Waals surface area contributed by atoms with Crippen molar-refractivity contribution in [3.63, 3.8) is 0 Å². The van der Waals surface area contributed by atoms with Crippen molar-refractivity contribution in [3.05, 3.63) is 64.8 Å². The van der Waals surface area contributed by atoms with Gasteiger partial charge in [0.1, 0.15) is 5.69 Å². The van der Waals surface area contributed by atoms with Gasteiger partial charge in [0.2, 0.25) is 0 Å². The van der Waals surface area contributed by atoms with E-state index in [1.54, 1.807) is 0 Å². The zero-order valence-corrected chi connectivity index (χ0v) is 18.6. The molecule has 2 aromatic carbocycles. The van der Waals surface area contributed by atoms with E-state index < -0.39 is 5.97 Å². The standard InChI is InChI=1S/C26H33N3O2/c1-18-16-19(2)23-22(17-18)28-25(26(30)31)24(23)27-12-8-21-10-14-29(15-11-21)13-9-20-6-4-3-5-7-20/h3-7,16-17,21,27-28H,8-15H2,1-2H3,(H,30,31). The van der Waals surface area contributed by atoms with Crippen LogP contribution >= 0.6 is 0 Å². The largest absolute Gasteiger partial charge is 0.477 e. The molecule has 1 aliphatic rings. The highest BCUT2D eigenvalue weighted by Crippen LogP contribution is 2.32. The van der Waals surface area contributed by atoms with Crippen LogP contribution in [0, 0.1) is 19.8 Å². The van der Waals surface area contributed by atoms with E-state index in [9.17, 15) is 9.90 Å². The van der Waals surface area contributed by atoms with Gasteiger partial charge in [-0.15, -0.1) is 0 Å². The summed E-state index contributed by atoms with van der Waals surface area (Å²) in [7, 11) is 0. The molecule has 0 aliphatic carbocycles. The van der Waals surface area contributed by atoms with Crippen LogP contribution in [0.2, 0.25) is 0 Å². The fraction of sp³-hybridized carbons (Fsp3) is 0.423. The summed E-state index contributed by atoms with van der Waals surface area (Å²) < 4.78 is 0. The highest BCUT2D eigenvalue weighted by atomic mass is 16.4. The number of nitrogens with zero attached hydrogens (tertiary/aromatic N) is 1. The second-order valence-electron chi connectivity index (χ2n) is 8.92. The van der Waals surface area contributed by atoms with E-state index in [0.717, 1.165) is 66.7 Å². The molecule has 4 rings (SSSR count). The first-order valence-electron chi connectivity index (χ1n) is 11.4. The Morgan fingerprint density at radius 1 is 1.16 bits per heavy atom. The number of aromatic carboxylic acids is 1. The third-order valence-corrected chi connectivity index (χ3v) is 6.57. The maximum atomic E-state index is 11.8. The molecule has 0 bridgehead atoms. The van der Waals surface area contributed by atoms with Gasteiger partial charge in [-0.25, -0.2) is 4.79 Å². The number of carbonyl (C=O) groups is 1. The number of carboxylic acids is 1. The van der Waals surface area contributed by atoms with E-state index >= 15 is 0 Å². The van der Waals surface area contributed by atoms with Crippen molar-refractivity contribution in [2.24, 2.45) is 5.92 Å². The summed E-state index contributed by atoms with van der Waals surface area (Å²) in [6, 6.07) is 14.8. The Morgan fingerprint density at radius 2 is 1.90 bits per heavy atom. The molecule has 164 valence electrons. The minimum atomic E-state index is -0.914. The monoisotopic (exact) mass is 419 g/mol. The van der Waals surface area contributed by atoms with Crippen LogP contribution in [0.3, 0.4) is 0 Å². The van der Waals surface area contributed by atoms with Crippen LogP contribution in [0.4, 0.5) is 5.69 Å².